The van der Waals surface area contributed by atoms with E-state index in [9.17, 15) is 18.8 Å². The van der Waals surface area contributed by atoms with Gasteiger partial charge in [0.15, 0.2) is 0 Å². The Labute approximate surface area is 220 Å². The van der Waals surface area contributed by atoms with Crippen LogP contribution in [0.15, 0.2) is 70.0 Å². The Bertz CT molecular complexity index is 1370. The molecule has 0 atom stereocenters. The maximum atomic E-state index is 13.1. The smallest absolute Gasteiger partial charge is 0.294 e. The zero-order valence-corrected chi connectivity index (χ0v) is 21.9. The van der Waals surface area contributed by atoms with Gasteiger partial charge >= 0.3 is 0 Å². The van der Waals surface area contributed by atoms with Crippen LogP contribution in [0.5, 0.6) is 5.75 Å². The normalized spacial score (nSPS) is 14.4. The van der Waals surface area contributed by atoms with Crippen molar-refractivity contribution in [3.05, 3.63) is 98.1 Å². The first-order chi connectivity index (χ1) is 17.2. The average molecular weight is 569 g/mol. The van der Waals surface area contributed by atoms with Crippen LogP contribution in [-0.4, -0.2) is 28.5 Å². The van der Waals surface area contributed by atoms with Gasteiger partial charge in [-0.05, 0) is 100 Å². The first kappa shape index (κ1) is 25.7. The number of nitrogens with one attached hydrogen (secondary N) is 1. The molecule has 0 aliphatic carbocycles. The van der Waals surface area contributed by atoms with Crippen LogP contribution < -0.4 is 10.1 Å². The van der Waals surface area contributed by atoms with Crippen molar-refractivity contribution in [1.82, 2.24) is 4.90 Å². The maximum Gasteiger partial charge on any atom is 0.294 e. The number of hydrogen-bond donors (Lipinski definition) is 1. The molecular formula is C27H22BrFN2O4S. The Kier molecular flexibility index (Phi) is 7.91. The number of benzene rings is 3. The van der Waals surface area contributed by atoms with Crippen molar-refractivity contribution < 1.29 is 23.5 Å². The number of aryl methyl sites for hydroxylation is 2. The number of carbonyl (C=O) groups excluding carboxylic acids is 3. The molecule has 0 unspecified atom stereocenters. The summed E-state index contributed by atoms with van der Waals surface area (Å²) in [5, 5.41) is 2.27. The van der Waals surface area contributed by atoms with Gasteiger partial charge in [-0.25, -0.2) is 4.39 Å². The molecule has 0 saturated carbocycles. The van der Waals surface area contributed by atoms with E-state index in [1.807, 2.05) is 32.0 Å². The molecule has 0 bridgehead atoms. The topological polar surface area (TPSA) is 75.7 Å². The molecule has 6 nitrogen and oxygen atoms in total. The molecule has 1 saturated heterocycles. The van der Waals surface area contributed by atoms with Gasteiger partial charge in [0, 0.05) is 5.69 Å². The Morgan fingerprint density at radius 1 is 1.08 bits per heavy atom. The van der Waals surface area contributed by atoms with Crippen molar-refractivity contribution in [2.24, 2.45) is 0 Å². The van der Waals surface area contributed by atoms with Crippen LogP contribution >= 0.6 is 27.7 Å². The number of anilines is 1. The molecular weight excluding hydrogens is 547 g/mol. The maximum absolute atomic E-state index is 13.1. The predicted molar refractivity (Wildman–Crippen MR) is 142 cm³/mol. The first-order valence-corrected chi connectivity index (χ1v) is 12.6. The summed E-state index contributed by atoms with van der Waals surface area (Å²) in [5.74, 6) is -0.699. The minimum atomic E-state index is -0.520. The Balaban J connectivity index is 1.40. The minimum Gasteiger partial charge on any atom is -0.488 e. The quantitative estimate of drug-likeness (QED) is 0.331. The summed E-state index contributed by atoms with van der Waals surface area (Å²) in [7, 11) is 0. The molecule has 3 aromatic carbocycles. The number of nitrogens with zero attached hydrogens (tertiary/aromatic N) is 1. The Hall–Kier alpha value is -3.43. The molecule has 3 aromatic rings. The molecule has 184 valence electrons. The van der Waals surface area contributed by atoms with E-state index in [0.717, 1.165) is 33.4 Å². The summed E-state index contributed by atoms with van der Waals surface area (Å²) in [5.41, 5.74) is 4.03. The molecule has 1 aliphatic rings. The largest absolute Gasteiger partial charge is 0.488 e. The van der Waals surface area contributed by atoms with Crippen molar-refractivity contribution in [1.29, 1.82) is 0 Å². The second kappa shape index (κ2) is 11.1. The number of amides is 3. The van der Waals surface area contributed by atoms with Crippen LogP contribution in [-0.2, 0) is 16.2 Å². The van der Waals surface area contributed by atoms with Gasteiger partial charge in [-0.2, -0.15) is 0 Å². The van der Waals surface area contributed by atoms with Gasteiger partial charge in [-0.3, -0.25) is 19.3 Å². The summed E-state index contributed by atoms with van der Waals surface area (Å²) in [6.07, 6.45) is 1.60. The lowest BCUT2D eigenvalue weighted by Crippen LogP contribution is -2.36. The van der Waals surface area contributed by atoms with Crippen LogP contribution in [0.25, 0.3) is 6.08 Å². The fraction of sp³-hybridized carbons (Fsp3) is 0.148. The van der Waals surface area contributed by atoms with E-state index in [1.54, 1.807) is 36.4 Å². The van der Waals surface area contributed by atoms with Gasteiger partial charge in [0.1, 0.15) is 24.7 Å². The lowest BCUT2D eigenvalue weighted by atomic mass is 10.1. The summed E-state index contributed by atoms with van der Waals surface area (Å²) in [6, 6.07) is 17.0. The van der Waals surface area contributed by atoms with Gasteiger partial charge in [-0.15, -0.1) is 0 Å². The molecule has 0 aromatic heterocycles. The highest BCUT2D eigenvalue weighted by Gasteiger charge is 2.36. The first-order valence-electron chi connectivity index (χ1n) is 11.0. The van der Waals surface area contributed by atoms with Gasteiger partial charge in [0.05, 0.1) is 9.38 Å². The SMILES string of the molecule is Cc1ccc(C)c(NC(=O)CN2C(=O)S/C(=C\c3ccc(OCc4ccc(F)cc4)c(Br)c3)C2=O)c1. The van der Waals surface area contributed by atoms with Crippen LogP contribution in [0.4, 0.5) is 14.9 Å². The van der Waals surface area contributed by atoms with E-state index in [4.69, 9.17) is 4.74 Å². The Morgan fingerprint density at radius 3 is 2.56 bits per heavy atom. The summed E-state index contributed by atoms with van der Waals surface area (Å²) < 4.78 is 19.5. The van der Waals surface area contributed by atoms with Gasteiger partial charge in [0.2, 0.25) is 5.91 Å². The number of halogens is 2. The van der Waals surface area contributed by atoms with Crippen molar-refractivity contribution in [2.45, 2.75) is 20.5 Å². The van der Waals surface area contributed by atoms with Crippen LogP contribution in [0, 0.1) is 19.7 Å². The van der Waals surface area contributed by atoms with E-state index >= 15 is 0 Å². The fourth-order valence-corrected chi connectivity index (χ4v) is 4.81. The molecule has 9 heteroatoms. The molecule has 1 aliphatic heterocycles. The van der Waals surface area contributed by atoms with E-state index in [2.05, 4.69) is 21.2 Å². The molecule has 1 N–H and O–H groups in total. The molecule has 4 rings (SSSR count). The molecule has 0 spiro atoms. The van der Waals surface area contributed by atoms with Crippen molar-refractivity contribution in [3.8, 4) is 5.75 Å². The van der Waals surface area contributed by atoms with Gasteiger partial charge in [0.25, 0.3) is 11.1 Å². The third-order valence-electron chi connectivity index (χ3n) is 5.40. The lowest BCUT2D eigenvalue weighted by Gasteiger charge is -2.14. The van der Waals surface area contributed by atoms with E-state index < -0.39 is 17.1 Å². The van der Waals surface area contributed by atoms with Crippen molar-refractivity contribution in [3.63, 3.8) is 0 Å². The summed E-state index contributed by atoms with van der Waals surface area (Å²) in [4.78, 5) is 39.0. The van der Waals surface area contributed by atoms with E-state index in [0.29, 0.717) is 21.5 Å². The number of imide groups is 1. The number of rotatable bonds is 7. The fourth-order valence-electron chi connectivity index (χ4n) is 3.46. The second-order valence-electron chi connectivity index (χ2n) is 8.24. The third kappa shape index (κ3) is 6.22. The standard InChI is InChI=1S/C27H22BrFN2O4S/c1-16-3-4-17(2)22(11-16)30-25(32)14-31-26(33)24(36-27(31)34)13-19-7-10-23(21(28)12-19)35-15-18-5-8-20(29)9-6-18/h3-13H,14-15H2,1-2H3,(H,30,32)/b24-13-. The zero-order valence-electron chi connectivity index (χ0n) is 19.5. The summed E-state index contributed by atoms with van der Waals surface area (Å²) >= 11 is 4.25. The number of hydrogen-bond acceptors (Lipinski definition) is 5. The summed E-state index contributed by atoms with van der Waals surface area (Å²) in [6.45, 7) is 3.69. The Morgan fingerprint density at radius 2 is 1.83 bits per heavy atom. The number of ether oxygens (including phenoxy) is 1. The van der Waals surface area contributed by atoms with Gasteiger partial charge in [-0.1, -0.05) is 30.3 Å². The highest BCUT2D eigenvalue weighted by Crippen LogP contribution is 2.34. The number of carbonyl (C=O) groups is 3. The van der Waals surface area contributed by atoms with Crippen LogP contribution in [0.1, 0.15) is 22.3 Å². The third-order valence-corrected chi connectivity index (χ3v) is 6.93. The van der Waals surface area contributed by atoms with Crippen LogP contribution in [0.3, 0.4) is 0 Å². The van der Waals surface area contributed by atoms with E-state index in [-0.39, 0.29) is 23.9 Å². The average Bonchev–Trinajstić information content (AvgIpc) is 3.09. The van der Waals surface area contributed by atoms with E-state index in [1.165, 1.54) is 12.1 Å². The van der Waals surface area contributed by atoms with Gasteiger partial charge < -0.3 is 10.1 Å². The lowest BCUT2D eigenvalue weighted by molar-refractivity contribution is -0.127. The van der Waals surface area contributed by atoms with Crippen molar-refractivity contribution in [2.75, 3.05) is 11.9 Å². The highest BCUT2D eigenvalue weighted by atomic mass is 79.9. The second-order valence-corrected chi connectivity index (χ2v) is 10.1. The monoisotopic (exact) mass is 568 g/mol. The minimum absolute atomic E-state index is 0.228. The van der Waals surface area contributed by atoms with Crippen LogP contribution in [0.2, 0.25) is 0 Å². The zero-order chi connectivity index (χ0) is 25.8. The molecule has 36 heavy (non-hydrogen) atoms. The molecule has 1 fully saturated rings. The molecule has 1 heterocycles. The van der Waals surface area contributed by atoms with Crippen molar-refractivity contribution >= 4 is 56.5 Å². The molecule has 0 radical (unpaired) electrons. The molecule has 3 amide bonds. The number of thioether (sulfide) groups is 1. The highest BCUT2D eigenvalue weighted by molar-refractivity contribution is 9.10. The predicted octanol–water partition coefficient (Wildman–Crippen LogP) is 6.46.